The highest BCUT2D eigenvalue weighted by Gasteiger charge is 2.06. The number of hydrogen-bond acceptors (Lipinski definition) is 4. The highest BCUT2D eigenvalue weighted by atomic mass is 16.6. The Morgan fingerprint density at radius 1 is 1.22 bits per heavy atom. The minimum absolute atomic E-state index is 0.00983. The number of aromatic nitrogens is 1. The molecule has 0 amide bonds. The summed E-state index contributed by atoms with van der Waals surface area (Å²) >= 11 is 0. The molecule has 0 bridgehead atoms. The molecule has 0 aliphatic rings. The van der Waals surface area contributed by atoms with Gasteiger partial charge in [0.15, 0.2) is 0 Å². The first kappa shape index (κ1) is 11.8. The molecule has 5 heteroatoms. The third-order valence-corrected chi connectivity index (χ3v) is 2.35. The lowest BCUT2D eigenvalue weighted by molar-refractivity contribution is -0.384. The van der Waals surface area contributed by atoms with Crippen molar-refractivity contribution in [3.05, 3.63) is 70.0 Å². The van der Waals surface area contributed by atoms with Gasteiger partial charge in [-0.05, 0) is 24.3 Å². The fraction of sp³-hybridized carbons (Fsp3) is 0. The number of nitro benzene ring substituents is 1. The molecule has 0 fully saturated rings. The van der Waals surface area contributed by atoms with Gasteiger partial charge in [0.25, 0.3) is 5.69 Å². The van der Waals surface area contributed by atoms with Crippen molar-refractivity contribution >= 4 is 17.5 Å². The Kier molecular flexibility index (Phi) is 3.33. The molecule has 0 unspecified atom stereocenters. The molecule has 1 heterocycles. The number of rotatable bonds is 3. The van der Waals surface area contributed by atoms with Crippen LogP contribution < -0.4 is 0 Å². The van der Waals surface area contributed by atoms with Crippen molar-refractivity contribution in [1.82, 2.24) is 4.98 Å². The zero-order valence-electron chi connectivity index (χ0n) is 9.35. The third kappa shape index (κ3) is 2.70. The molecule has 2 rings (SSSR count). The van der Waals surface area contributed by atoms with E-state index in [9.17, 15) is 15.2 Å². The summed E-state index contributed by atoms with van der Waals surface area (Å²) in [5.41, 5.74) is 1.11. The van der Waals surface area contributed by atoms with E-state index in [1.807, 2.05) is 6.07 Å². The minimum Gasteiger partial charge on any atom is -0.507 e. The number of non-ortho nitro benzene ring substituents is 1. The normalized spacial score (nSPS) is 11.2. The van der Waals surface area contributed by atoms with Crippen LogP contribution in [0.3, 0.4) is 0 Å². The SMILES string of the molecule is O=[N+]([O-])c1ccc(/C(O)=C/c2ccccn2)cc1. The van der Waals surface area contributed by atoms with Gasteiger partial charge in [0.2, 0.25) is 0 Å². The van der Waals surface area contributed by atoms with Crippen LogP contribution in [0.1, 0.15) is 11.3 Å². The molecule has 0 aliphatic carbocycles. The number of aliphatic hydroxyl groups excluding tert-OH is 1. The molecule has 0 aliphatic heterocycles. The highest BCUT2D eigenvalue weighted by molar-refractivity contribution is 5.75. The van der Waals surface area contributed by atoms with E-state index in [0.29, 0.717) is 11.3 Å². The molecule has 1 aromatic heterocycles. The maximum Gasteiger partial charge on any atom is 0.269 e. The van der Waals surface area contributed by atoms with Gasteiger partial charge >= 0.3 is 0 Å². The predicted molar refractivity (Wildman–Crippen MR) is 67.8 cm³/mol. The predicted octanol–water partition coefficient (Wildman–Crippen LogP) is 3.05. The first-order valence-corrected chi connectivity index (χ1v) is 5.23. The zero-order valence-corrected chi connectivity index (χ0v) is 9.35. The molecule has 0 radical (unpaired) electrons. The fourth-order valence-electron chi connectivity index (χ4n) is 1.44. The van der Waals surface area contributed by atoms with Crippen molar-refractivity contribution in [3.8, 4) is 0 Å². The summed E-state index contributed by atoms with van der Waals surface area (Å²) < 4.78 is 0. The Labute approximate surface area is 103 Å². The summed E-state index contributed by atoms with van der Waals surface area (Å²) in [5, 5.41) is 20.3. The molecular weight excluding hydrogens is 232 g/mol. The zero-order chi connectivity index (χ0) is 13.0. The third-order valence-electron chi connectivity index (χ3n) is 2.35. The summed E-state index contributed by atoms with van der Waals surface area (Å²) in [6, 6.07) is 11.0. The van der Waals surface area contributed by atoms with E-state index < -0.39 is 4.92 Å². The lowest BCUT2D eigenvalue weighted by atomic mass is 10.1. The molecule has 1 N–H and O–H groups in total. The van der Waals surface area contributed by atoms with Gasteiger partial charge in [0.1, 0.15) is 5.76 Å². The van der Waals surface area contributed by atoms with Crippen LogP contribution in [0.2, 0.25) is 0 Å². The Bertz CT molecular complexity index is 577. The fourth-order valence-corrected chi connectivity index (χ4v) is 1.44. The number of nitrogens with zero attached hydrogens (tertiary/aromatic N) is 2. The van der Waals surface area contributed by atoms with Crippen LogP contribution in [0, 0.1) is 10.1 Å². The van der Waals surface area contributed by atoms with E-state index in [1.165, 1.54) is 30.3 Å². The molecule has 1 aromatic carbocycles. The average Bonchev–Trinajstić information content (AvgIpc) is 2.40. The van der Waals surface area contributed by atoms with Crippen LogP contribution in [0.5, 0.6) is 0 Å². The lowest BCUT2D eigenvalue weighted by Gasteiger charge is -2.00. The first-order valence-electron chi connectivity index (χ1n) is 5.23. The van der Waals surface area contributed by atoms with Gasteiger partial charge in [-0.3, -0.25) is 15.1 Å². The summed E-state index contributed by atoms with van der Waals surface area (Å²) in [4.78, 5) is 14.1. The van der Waals surface area contributed by atoms with Crippen LogP contribution in [0.15, 0.2) is 48.7 Å². The number of benzene rings is 1. The maximum atomic E-state index is 10.5. The second-order valence-electron chi connectivity index (χ2n) is 3.59. The van der Waals surface area contributed by atoms with Crippen LogP contribution in [0.4, 0.5) is 5.69 Å². The molecule has 2 aromatic rings. The summed E-state index contributed by atoms with van der Waals surface area (Å²) in [6.07, 6.45) is 3.12. The van der Waals surface area contributed by atoms with E-state index >= 15 is 0 Å². The molecule has 18 heavy (non-hydrogen) atoms. The van der Waals surface area contributed by atoms with Crippen LogP contribution in [0.25, 0.3) is 11.8 Å². The largest absolute Gasteiger partial charge is 0.507 e. The molecule has 0 saturated carbocycles. The molecule has 0 spiro atoms. The Balaban J connectivity index is 2.26. The highest BCUT2D eigenvalue weighted by Crippen LogP contribution is 2.18. The van der Waals surface area contributed by atoms with Crippen molar-refractivity contribution < 1.29 is 10.0 Å². The monoisotopic (exact) mass is 242 g/mol. The van der Waals surface area contributed by atoms with Crippen molar-refractivity contribution in [3.63, 3.8) is 0 Å². The minimum atomic E-state index is -0.483. The van der Waals surface area contributed by atoms with Crippen LogP contribution >= 0.6 is 0 Å². The standard InChI is InChI=1S/C13H10N2O3/c16-13(9-11-3-1-2-8-14-11)10-4-6-12(7-5-10)15(17)18/h1-9,16H/b13-9-. The number of hydrogen-bond donors (Lipinski definition) is 1. The van der Waals surface area contributed by atoms with Crippen molar-refractivity contribution in [2.24, 2.45) is 0 Å². The average molecular weight is 242 g/mol. The van der Waals surface area contributed by atoms with Crippen molar-refractivity contribution in [1.29, 1.82) is 0 Å². The van der Waals surface area contributed by atoms with Gasteiger partial charge in [-0.2, -0.15) is 0 Å². The molecule has 0 atom stereocenters. The molecule has 5 nitrogen and oxygen atoms in total. The van der Waals surface area contributed by atoms with Crippen molar-refractivity contribution in [2.45, 2.75) is 0 Å². The summed E-state index contributed by atoms with van der Waals surface area (Å²) in [6.45, 7) is 0. The smallest absolute Gasteiger partial charge is 0.269 e. The quantitative estimate of drug-likeness (QED) is 0.509. The first-order chi connectivity index (χ1) is 8.66. The van der Waals surface area contributed by atoms with Gasteiger partial charge in [0, 0.05) is 30.0 Å². The lowest BCUT2D eigenvalue weighted by Crippen LogP contribution is -1.89. The molecular formula is C13H10N2O3. The molecule has 0 saturated heterocycles. The maximum absolute atomic E-state index is 10.5. The number of nitro groups is 1. The van der Waals surface area contributed by atoms with E-state index in [-0.39, 0.29) is 11.4 Å². The van der Waals surface area contributed by atoms with E-state index in [1.54, 1.807) is 18.3 Å². The molecule has 90 valence electrons. The van der Waals surface area contributed by atoms with Crippen LogP contribution in [-0.2, 0) is 0 Å². The van der Waals surface area contributed by atoms with Gasteiger partial charge in [-0.25, -0.2) is 0 Å². The second kappa shape index (κ2) is 5.09. The van der Waals surface area contributed by atoms with E-state index in [4.69, 9.17) is 0 Å². The second-order valence-corrected chi connectivity index (χ2v) is 3.59. The number of aliphatic hydroxyl groups is 1. The topological polar surface area (TPSA) is 76.3 Å². The van der Waals surface area contributed by atoms with Gasteiger partial charge in [-0.15, -0.1) is 0 Å². The Morgan fingerprint density at radius 3 is 2.50 bits per heavy atom. The van der Waals surface area contributed by atoms with Gasteiger partial charge in [-0.1, -0.05) is 6.07 Å². The summed E-state index contributed by atoms with van der Waals surface area (Å²) in [7, 11) is 0. The number of pyridine rings is 1. The van der Waals surface area contributed by atoms with Gasteiger partial charge < -0.3 is 5.11 Å². The Hall–Kier alpha value is -2.69. The summed E-state index contributed by atoms with van der Waals surface area (Å²) in [5.74, 6) is 0.0172. The van der Waals surface area contributed by atoms with Crippen LogP contribution in [-0.4, -0.2) is 15.0 Å². The van der Waals surface area contributed by atoms with E-state index in [2.05, 4.69) is 4.98 Å². The van der Waals surface area contributed by atoms with Gasteiger partial charge in [0.05, 0.1) is 10.6 Å². The van der Waals surface area contributed by atoms with E-state index in [0.717, 1.165) is 0 Å². The Morgan fingerprint density at radius 2 is 1.94 bits per heavy atom. The van der Waals surface area contributed by atoms with Crippen molar-refractivity contribution in [2.75, 3.05) is 0 Å².